The van der Waals surface area contributed by atoms with Crippen molar-refractivity contribution in [2.24, 2.45) is 5.41 Å². The zero-order valence-electron chi connectivity index (χ0n) is 16.0. The fourth-order valence-electron chi connectivity index (χ4n) is 3.81. The normalized spacial score (nSPS) is 21.2. The lowest BCUT2D eigenvalue weighted by atomic mass is 9.82. The number of likely N-dealkylation sites (tertiary alicyclic amines) is 1. The van der Waals surface area contributed by atoms with Crippen LogP contribution in [0.4, 0.5) is 5.69 Å². The van der Waals surface area contributed by atoms with Gasteiger partial charge in [0.05, 0.1) is 12.8 Å². The summed E-state index contributed by atoms with van der Waals surface area (Å²) >= 11 is 0. The lowest BCUT2D eigenvalue weighted by Crippen LogP contribution is -2.52. The Morgan fingerprint density at radius 3 is 2.19 bits per heavy atom. The zero-order valence-corrected chi connectivity index (χ0v) is 16.0. The number of hydrogen-bond donors (Lipinski definition) is 0. The van der Waals surface area contributed by atoms with Gasteiger partial charge in [0.2, 0.25) is 11.8 Å². The van der Waals surface area contributed by atoms with Gasteiger partial charge in [-0.1, -0.05) is 26.0 Å². The van der Waals surface area contributed by atoms with Crippen LogP contribution in [-0.4, -0.2) is 68.0 Å². The first-order valence-corrected chi connectivity index (χ1v) is 9.33. The van der Waals surface area contributed by atoms with Crippen molar-refractivity contribution in [3.8, 4) is 5.75 Å². The van der Waals surface area contributed by atoms with Crippen LogP contribution < -0.4 is 9.64 Å². The third-order valence-electron chi connectivity index (χ3n) is 5.30. The van der Waals surface area contributed by atoms with E-state index in [1.54, 1.807) is 7.11 Å². The first-order valence-electron chi connectivity index (χ1n) is 9.33. The third kappa shape index (κ3) is 4.18. The summed E-state index contributed by atoms with van der Waals surface area (Å²) in [6.07, 6.45) is 0.917. The van der Waals surface area contributed by atoms with Crippen molar-refractivity contribution in [3.05, 3.63) is 24.3 Å². The summed E-state index contributed by atoms with van der Waals surface area (Å²) in [4.78, 5) is 30.6. The molecule has 2 aliphatic heterocycles. The molecule has 0 radical (unpaired) electrons. The van der Waals surface area contributed by atoms with Crippen LogP contribution in [0, 0.1) is 5.41 Å². The van der Waals surface area contributed by atoms with Crippen molar-refractivity contribution in [3.63, 3.8) is 0 Å². The number of para-hydroxylation sites is 2. The van der Waals surface area contributed by atoms with Gasteiger partial charge in [-0.2, -0.15) is 0 Å². The number of ether oxygens (including phenoxy) is 1. The van der Waals surface area contributed by atoms with E-state index in [-0.39, 0.29) is 17.2 Å². The van der Waals surface area contributed by atoms with E-state index < -0.39 is 0 Å². The van der Waals surface area contributed by atoms with E-state index in [0.717, 1.165) is 44.2 Å². The predicted octanol–water partition coefficient (Wildman–Crippen LogP) is 1.99. The van der Waals surface area contributed by atoms with Crippen LogP contribution in [0.2, 0.25) is 0 Å². The smallest absolute Gasteiger partial charge is 0.229 e. The molecular formula is C20H29N3O3. The summed E-state index contributed by atoms with van der Waals surface area (Å²) in [5.41, 5.74) is 0.920. The van der Waals surface area contributed by atoms with Gasteiger partial charge in [0.1, 0.15) is 5.75 Å². The highest BCUT2D eigenvalue weighted by Crippen LogP contribution is 2.31. The van der Waals surface area contributed by atoms with Crippen LogP contribution in [0.3, 0.4) is 0 Å². The van der Waals surface area contributed by atoms with Gasteiger partial charge < -0.3 is 9.64 Å². The van der Waals surface area contributed by atoms with Gasteiger partial charge in [-0.3, -0.25) is 19.4 Å². The van der Waals surface area contributed by atoms with Gasteiger partial charge in [-0.05, 0) is 17.5 Å². The van der Waals surface area contributed by atoms with Gasteiger partial charge in [0.15, 0.2) is 0 Å². The van der Waals surface area contributed by atoms with Gasteiger partial charge in [0, 0.05) is 52.1 Å². The van der Waals surface area contributed by atoms with Crippen molar-refractivity contribution < 1.29 is 14.3 Å². The molecule has 6 nitrogen and oxygen atoms in total. The van der Waals surface area contributed by atoms with Crippen LogP contribution in [0.5, 0.6) is 5.75 Å². The van der Waals surface area contributed by atoms with E-state index in [2.05, 4.69) is 15.9 Å². The molecule has 2 heterocycles. The van der Waals surface area contributed by atoms with Crippen LogP contribution in [-0.2, 0) is 9.59 Å². The molecule has 1 aromatic rings. The minimum atomic E-state index is -0.203. The Hall–Kier alpha value is -2.08. The SMILES string of the molecule is COc1ccccc1N1CCN(CCN2C(=O)CC(C)(C)CC2=O)CC1. The number of anilines is 1. The number of carbonyl (C=O) groups is 2. The lowest BCUT2D eigenvalue weighted by molar-refractivity contribution is -0.152. The fourth-order valence-corrected chi connectivity index (χ4v) is 3.81. The van der Waals surface area contributed by atoms with Gasteiger partial charge in [0.25, 0.3) is 0 Å². The number of nitrogens with zero attached hydrogens (tertiary/aromatic N) is 3. The summed E-state index contributed by atoms with van der Waals surface area (Å²) in [5.74, 6) is 0.839. The highest BCUT2D eigenvalue weighted by molar-refractivity contribution is 5.98. The van der Waals surface area contributed by atoms with Crippen LogP contribution in [0.1, 0.15) is 26.7 Å². The summed E-state index contributed by atoms with van der Waals surface area (Å²) in [7, 11) is 1.70. The van der Waals surface area contributed by atoms with Crippen LogP contribution in [0.15, 0.2) is 24.3 Å². The monoisotopic (exact) mass is 359 g/mol. The number of piperazine rings is 1. The molecule has 1 aromatic carbocycles. The molecule has 2 aliphatic rings. The maximum atomic E-state index is 12.3. The molecule has 0 saturated carbocycles. The molecule has 0 N–H and O–H groups in total. The second kappa shape index (κ2) is 7.66. The highest BCUT2D eigenvalue weighted by atomic mass is 16.5. The highest BCUT2D eigenvalue weighted by Gasteiger charge is 2.37. The standard InChI is InChI=1S/C20H29N3O3/c1-20(2)14-18(24)23(19(25)15-20)13-10-21-8-11-22(12-9-21)16-6-4-5-7-17(16)26-3/h4-7H,8-15H2,1-3H3. The summed E-state index contributed by atoms with van der Waals surface area (Å²) < 4.78 is 5.46. The van der Waals surface area contributed by atoms with Crippen molar-refractivity contribution >= 4 is 17.5 Å². The quantitative estimate of drug-likeness (QED) is 0.753. The Balaban J connectivity index is 1.50. The van der Waals surface area contributed by atoms with Crippen LogP contribution in [0.25, 0.3) is 0 Å². The lowest BCUT2D eigenvalue weighted by Gasteiger charge is -2.39. The summed E-state index contributed by atoms with van der Waals surface area (Å²) in [6.45, 7) is 8.87. The predicted molar refractivity (Wildman–Crippen MR) is 101 cm³/mol. The van der Waals surface area contributed by atoms with E-state index in [0.29, 0.717) is 19.4 Å². The second-order valence-electron chi connectivity index (χ2n) is 7.96. The van der Waals surface area contributed by atoms with Crippen LogP contribution >= 0.6 is 0 Å². The Morgan fingerprint density at radius 2 is 1.58 bits per heavy atom. The third-order valence-corrected chi connectivity index (χ3v) is 5.30. The molecule has 26 heavy (non-hydrogen) atoms. The average Bonchev–Trinajstić information content (AvgIpc) is 2.60. The molecule has 0 atom stereocenters. The van der Waals surface area contributed by atoms with Crippen molar-refractivity contribution in [2.75, 3.05) is 51.3 Å². The van der Waals surface area contributed by atoms with E-state index in [4.69, 9.17) is 4.74 Å². The van der Waals surface area contributed by atoms with Gasteiger partial charge >= 0.3 is 0 Å². The number of carbonyl (C=O) groups excluding carboxylic acids is 2. The number of piperidine rings is 1. The van der Waals surface area contributed by atoms with Gasteiger partial charge in [-0.15, -0.1) is 0 Å². The van der Waals surface area contributed by atoms with Crippen molar-refractivity contribution in [1.29, 1.82) is 0 Å². The van der Waals surface area contributed by atoms with E-state index in [9.17, 15) is 9.59 Å². The molecule has 0 unspecified atom stereocenters. The fraction of sp³-hybridized carbons (Fsp3) is 0.600. The number of hydrogen-bond acceptors (Lipinski definition) is 5. The zero-order chi connectivity index (χ0) is 18.7. The van der Waals surface area contributed by atoms with Gasteiger partial charge in [-0.25, -0.2) is 0 Å². The molecule has 0 spiro atoms. The molecule has 3 rings (SSSR count). The Bertz CT molecular complexity index is 646. The maximum Gasteiger partial charge on any atom is 0.229 e. The molecular weight excluding hydrogens is 330 g/mol. The molecule has 0 bridgehead atoms. The maximum absolute atomic E-state index is 12.3. The first-order chi connectivity index (χ1) is 12.4. The number of imide groups is 1. The number of methoxy groups -OCH3 is 1. The average molecular weight is 359 g/mol. The van der Waals surface area contributed by atoms with E-state index in [1.807, 2.05) is 32.0 Å². The van der Waals surface area contributed by atoms with Crippen molar-refractivity contribution in [2.45, 2.75) is 26.7 Å². The molecule has 0 aliphatic carbocycles. The number of rotatable bonds is 5. The van der Waals surface area contributed by atoms with E-state index >= 15 is 0 Å². The molecule has 142 valence electrons. The Morgan fingerprint density at radius 1 is 0.962 bits per heavy atom. The summed E-state index contributed by atoms with van der Waals surface area (Å²) in [6, 6.07) is 8.07. The topological polar surface area (TPSA) is 53.1 Å². The minimum absolute atomic E-state index is 0.0288. The first kappa shape index (κ1) is 18.7. The second-order valence-corrected chi connectivity index (χ2v) is 7.96. The Kier molecular flexibility index (Phi) is 5.51. The largest absolute Gasteiger partial charge is 0.495 e. The minimum Gasteiger partial charge on any atom is -0.495 e. The number of amides is 2. The molecule has 2 saturated heterocycles. The molecule has 6 heteroatoms. The number of benzene rings is 1. The molecule has 2 fully saturated rings. The van der Waals surface area contributed by atoms with Crippen molar-refractivity contribution in [1.82, 2.24) is 9.80 Å². The van der Waals surface area contributed by atoms with E-state index in [1.165, 1.54) is 4.90 Å². The Labute approximate surface area is 155 Å². The molecule has 2 amide bonds. The molecule has 0 aromatic heterocycles. The summed E-state index contributed by atoms with van der Waals surface area (Å²) in [5, 5.41) is 0.